The van der Waals surface area contributed by atoms with E-state index in [-0.39, 0.29) is 0 Å². The second-order valence-corrected chi connectivity index (χ2v) is 7.73. The zero-order valence-electron chi connectivity index (χ0n) is 13.2. The summed E-state index contributed by atoms with van der Waals surface area (Å²) in [6, 6.07) is 11.5. The zero-order valence-corrected chi connectivity index (χ0v) is 14.0. The first kappa shape index (κ1) is 15.4. The average Bonchev–Trinajstić information content (AvgIpc) is 2.97. The fourth-order valence-corrected chi connectivity index (χ4v) is 4.80. The first-order chi connectivity index (χ1) is 10.3. The molecule has 116 valence electrons. The van der Waals surface area contributed by atoms with Crippen molar-refractivity contribution in [2.75, 3.05) is 25.4 Å². The second kappa shape index (κ2) is 7.17. The maximum atomic E-state index is 3.89. The molecule has 0 amide bonds. The van der Waals surface area contributed by atoms with Gasteiger partial charge in [0.1, 0.15) is 0 Å². The molecule has 1 N–H and O–H groups in total. The summed E-state index contributed by atoms with van der Waals surface area (Å²) in [5.74, 6) is 1.20. The Morgan fingerprint density at radius 3 is 2.71 bits per heavy atom. The summed E-state index contributed by atoms with van der Waals surface area (Å²) in [6.45, 7) is 6.01. The Morgan fingerprint density at radius 2 is 2.00 bits per heavy atom. The van der Waals surface area contributed by atoms with E-state index in [2.05, 4.69) is 47.5 Å². The second-order valence-electron chi connectivity index (χ2n) is 6.56. The molecule has 2 aliphatic rings. The van der Waals surface area contributed by atoms with Crippen LogP contribution in [0, 0.1) is 0 Å². The highest BCUT2D eigenvalue weighted by atomic mass is 32.2. The molecule has 1 aromatic carbocycles. The minimum Gasteiger partial charge on any atom is -0.308 e. The number of piperazine rings is 1. The van der Waals surface area contributed by atoms with E-state index in [1.807, 2.05) is 11.8 Å². The van der Waals surface area contributed by atoms with Crippen LogP contribution < -0.4 is 5.32 Å². The first-order valence-electron chi connectivity index (χ1n) is 8.48. The van der Waals surface area contributed by atoms with Crippen molar-refractivity contribution in [2.24, 2.45) is 0 Å². The van der Waals surface area contributed by atoms with E-state index in [4.69, 9.17) is 0 Å². The van der Waals surface area contributed by atoms with Crippen molar-refractivity contribution in [1.82, 2.24) is 10.2 Å². The van der Waals surface area contributed by atoms with Crippen molar-refractivity contribution < 1.29 is 0 Å². The molecule has 1 aromatic rings. The molecular formula is C18H28N2S. The van der Waals surface area contributed by atoms with Gasteiger partial charge in [0.05, 0.1) is 0 Å². The average molecular weight is 305 g/mol. The molecule has 21 heavy (non-hydrogen) atoms. The Bertz CT molecular complexity index is 428. The molecule has 0 bridgehead atoms. The molecule has 1 heterocycles. The predicted molar refractivity (Wildman–Crippen MR) is 92.0 cm³/mol. The van der Waals surface area contributed by atoms with Crippen LogP contribution in [0.15, 0.2) is 35.2 Å². The van der Waals surface area contributed by atoms with Crippen LogP contribution in [0.25, 0.3) is 0 Å². The molecule has 1 aliphatic carbocycles. The van der Waals surface area contributed by atoms with Crippen LogP contribution in [0.3, 0.4) is 0 Å². The fourth-order valence-electron chi connectivity index (χ4n) is 3.89. The largest absolute Gasteiger partial charge is 0.308 e. The smallest absolute Gasteiger partial charge is 0.0309 e. The number of hydrogen-bond donors (Lipinski definition) is 1. The lowest BCUT2D eigenvalue weighted by Crippen LogP contribution is -2.63. The third-order valence-corrected chi connectivity index (χ3v) is 6.15. The molecule has 3 rings (SSSR count). The van der Waals surface area contributed by atoms with E-state index in [9.17, 15) is 0 Å². The minimum absolute atomic E-state index is 0.448. The topological polar surface area (TPSA) is 15.3 Å². The van der Waals surface area contributed by atoms with Gasteiger partial charge in [-0.2, -0.15) is 0 Å². The summed E-state index contributed by atoms with van der Waals surface area (Å²) < 4.78 is 0. The summed E-state index contributed by atoms with van der Waals surface area (Å²) in [5, 5.41) is 3.89. The van der Waals surface area contributed by atoms with Crippen LogP contribution in [0.4, 0.5) is 0 Å². The Kier molecular flexibility index (Phi) is 5.25. The third kappa shape index (κ3) is 3.82. The molecule has 0 aromatic heterocycles. The molecule has 1 aliphatic heterocycles. The third-order valence-electron chi connectivity index (χ3n) is 5.16. The number of thioether (sulfide) groups is 1. The Morgan fingerprint density at radius 1 is 1.24 bits per heavy atom. The Balaban J connectivity index is 1.53. The molecule has 1 saturated heterocycles. The first-order valence-corrected chi connectivity index (χ1v) is 9.47. The highest BCUT2D eigenvalue weighted by Crippen LogP contribution is 2.33. The van der Waals surface area contributed by atoms with Crippen molar-refractivity contribution in [1.29, 1.82) is 0 Å². The van der Waals surface area contributed by atoms with Crippen molar-refractivity contribution in [3.8, 4) is 0 Å². The van der Waals surface area contributed by atoms with E-state index in [0.29, 0.717) is 5.54 Å². The zero-order chi connectivity index (χ0) is 14.5. The van der Waals surface area contributed by atoms with Gasteiger partial charge >= 0.3 is 0 Å². The molecule has 3 heteroatoms. The molecule has 1 unspecified atom stereocenters. The van der Waals surface area contributed by atoms with Gasteiger partial charge < -0.3 is 5.32 Å². The maximum absolute atomic E-state index is 3.89. The Hall–Kier alpha value is -0.510. The molecular weight excluding hydrogens is 276 g/mol. The lowest BCUT2D eigenvalue weighted by atomic mass is 9.92. The van der Waals surface area contributed by atoms with Gasteiger partial charge in [0.2, 0.25) is 0 Å². The monoisotopic (exact) mass is 304 g/mol. The molecule has 1 atom stereocenters. The van der Waals surface area contributed by atoms with E-state index >= 15 is 0 Å². The SMILES string of the molecule is CCC1CNC2(CCCC2)CN1CCSc1ccccc1. The summed E-state index contributed by atoms with van der Waals surface area (Å²) in [4.78, 5) is 4.16. The van der Waals surface area contributed by atoms with Crippen LogP contribution >= 0.6 is 11.8 Å². The molecule has 2 nitrogen and oxygen atoms in total. The number of hydrogen-bond acceptors (Lipinski definition) is 3. The molecule has 1 saturated carbocycles. The number of nitrogens with one attached hydrogen (secondary N) is 1. The van der Waals surface area contributed by atoms with Crippen molar-refractivity contribution in [2.45, 2.75) is 55.5 Å². The summed E-state index contributed by atoms with van der Waals surface area (Å²) in [6.07, 6.45) is 6.85. The van der Waals surface area contributed by atoms with Crippen molar-refractivity contribution >= 4 is 11.8 Å². The van der Waals surface area contributed by atoms with Crippen LogP contribution in [-0.4, -0.2) is 41.9 Å². The summed E-state index contributed by atoms with van der Waals surface area (Å²) in [7, 11) is 0. The molecule has 0 radical (unpaired) electrons. The number of rotatable bonds is 5. The van der Waals surface area contributed by atoms with Crippen molar-refractivity contribution in [3.63, 3.8) is 0 Å². The van der Waals surface area contributed by atoms with Gasteiger partial charge in [0.25, 0.3) is 0 Å². The summed E-state index contributed by atoms with van der Waals surface area (Å²) in [5.41, 5.74) is 0.448. The van der Waals surface area contributed by atoms with Gasteiger partial charge in [-0.05, 0) is 31.4 Å². The normalized spacial score (nSPS) is 25.5. The van der Waals surface area contributed by atoms with Crippen LogP contribution in [0.1, 0.15) is 39.0 Å². The highest BCUT2D eigenvalue weighted by Gasteiger charge is 2.40. The van der Waals surface area contributed by atoms with E-state index in [1.165, 1.54) is 62.4 Å². The quantitative estimate of drug-likeness (QED) is 0.834. The molecule has 2 fully saturated rings. The van der Waals surface area contributed by atoms with Gasteiger partial charge in [-0.3, -0.25) is 4.90 Å². The van der Waals surface area contributed by atoms with Crippen LogP contribution in [-0.2, 0) is 0 Å². The lowest BCUT2D eigenvalue weighted by molar-refractivity contribution is 0.0844. The summed E-state index contributed by atoms with van der Waals surface area (Å²) >= 11 is 2.00. The predicted octanol–water partition coefficient (Wildman–Crippen LogP) is 3.78. The van der Waals surface area contributed by atoms with Crippen LogP contribution in [0.5, 0.6) is 0 Å². The fraction of sp³-hybridized carbons (Fsp3) is 0.667. The standard InChI is InChI=1S/C18H28N2S/c1-2-16-14-19-18(10-6-7-11-18)15-20(16)12-13-21-17-8-4-3-5-9-17/h3-5,8-9,16,19H,2,6-7,10-15H2,1H3. The minimum atomic E-state index is 0.448. The van der Waals surface area contributed by atoms with Gasteiger partial charge in [0, 0.05) is 41.9 Å². The van der Waals surface area contributed by atoms with Gasteiger partial charge in [-0.25, -0.2) is 0 Å². The van der Waals surface area contributed by atoms with Gasteiger partial charge in [-0.15, -0.1) is 11.8 Å². The van der Waals surface area contributed by atoms with Gasteiger partial charge in [-0.1, -0.05) is 38.0 Å². The highest BCUT2D eigenvalue weighted by molar-refractivity contribution is 7.99. The Labute approximate surface area is 133 Å². The van der Waals surface area contributed by atoms with Crippen molar-refractivity contribution in [3.05, 3.63) is 30.3 Å². The van der Waals surface area contributed by atoms with Gasteiger partial charge in [0.15, 0.2) is 0 Å². The van der Waals surface area contributed by atoms with E-state index < -0.39 is 0 Å². The number of nitrogens with zero attached hydrogens (tertiary/aromatic N) is 1. The lowest BCUT2D eigenvalue weighted by Gasteiger charge is -2.46. The number of benzene rings is 1. The van der Waals surface area contributed by atoms with E-state index in [1.54, 1.807) is 0 Å². The van der Waals surface area contributed by atoms with Crippen LogP contribution in [0.2, 0.25) is 0 Å². The maximum Gasteiger partial charge on any atom is 0.0309 e. The molecule has 1 spiro atoms. The van der Waals surface area contributed by atoms with E-state index in [0.717, 1.165) is 6.04 Å².